The van der Waals surface area contributed by atoms with E-state index in [0.717, 1.165) is 41.1 Å². The lowest BCUT2D eigenvalue weighted by molar-refractivity contribution is -0.115. The first kappa shape index (κ1) is 25.2. The summed E-state index contributed by atoms with van der Waals surface area (Å²) < 4.78 is 0. The molecule has 1 heterocycles. The van der Waals surface area contributed by atoms with Gasteiger partial charge in [-0.15, -0.1) is 23.1 Å². The Morgan fingerprint density at radius 1 is 1.17 bits per heavy atom. The number of aryl methyl sites for hydroxylation is 1. The zero-order valence-corrected chi connectivity index (χ0v) is 22.4. The summed E-state index contributed by atoms with van der Waals surface area (Å²) in [5.74, 6) is 0.514. The number of nitriles is 1. The molecule has 0 spiro atoms. The molecule has 1 aromatic heterocycles. The van der Waals surface area contributed by atoms with Gasteiger partial charge in [0, 0.05) is 21.1 Å². The van der Waals surface area contributed by atoms with Crippen molar-refractivity contribution in [3.8, 4) is 6.07 Å². The number of thiophene rings is 1. The second kappa shape index (κ2) is 11.3. The number of thioether (sulfide) groups is 1. The highest BCUT2D eigenvalue weighted by Gasteiger charge is 2.25. The summed E-state index contributed by atoms with van der Waals surface area (Å²) in [5.41, 5.74) is 4.72. The molecule has 0 bridgehead atoms. The van der Waals surface area contributed by atoms with Crippen LogP contribution >= 0.6 is 35.3 Å². The van der Waals surface area contributed by atoms with Crippen LogP contribution in [-0.2, 0) is 17.6 Å². The summed E-state index contributed by atoms with van der Waals surface area (Å²) in [6.45, 7) is 6.16. The van der Waals surface area contributed by atoms with E-state index in [4.69, 9.17) is 12.2 Å². The van der Waals surface area contributed by atoms with Crippen molar-refractivity contribution >= 4 is 62.7 Å². The minimum absolute atomic E-state index is 0.104. The molecule has 4 rings (SSSR count). The summed E-state index contributed by atoms with van der Waals surface area (Å²) in [6.07, 6.45) is 2.98. The maximum absolute atomic E-state index is 13.0. The van der Waals surface area contributed by atoms with Gasteiger partial charge in [0.25, 0.3) is 0 Å². The third kappa shape index (κ3) is 6.43. The van der Waals surface area contributed by atoms with E-state index >= 15 is 0 Å². The first-order valence-electron chi connectivity index (χ1n) is 11.6. The number of fused-ring (bicyclic) bond motifs is 1. The SMILES string of the molecule is Cc1ccc(NC(=S)Nc2cccc(SC(C)C(=O)Nc3sc4c(c3C#N)CCC(C)C4)c2)cc1. The third-order valence-corrected chi connectivity index (χ3v) is 8.41. The van der Waals surface area contributed by atoms with Crippen LogP contribution in [0.3, 0.4) is 0 Å². The molecule has 8 heteroatoms. The number of thiocarbonyl (C=S) groups is 1. The van der Waals surface area contributed by atoms with Gasteiger partial charge in [0.1, 0.15) is 11.1 Å². The van der Waals surface area contributed by atoms with Gasteiger partial charge < -0.3 is 16.0 Å². The quantitative estimate of drug-likeness (QED) is 0.240. The van der Waals surface area contributed by atoms with E-state index in [9.17, 15) is 10.1 Å². The lowest BCUT2D eigenvalue weighted by atomic mass is 9.89. The highest BCUT2D eigenvalue weighted by atomic mass is 32.2. The highest BCUT2D eigenvalue weighted by Crippen LogP contribution is 2.39. The second-order valence-corrected chi connectivity index (χ2v) is 11.8. The molecule has 1 aliphatic carbocycles. The van der Waals surface area contributed by atoms with Gasteiger partial charge in [-0.05, 0) is 87.1 Å². The molecular formula is C27H28N4OS3. The van der Waals surface area contributed by atoms with Crippen molar-refractivity contribution < 1.29 is 4.79 Å². The number of amides is 1. The largest absolute Gasteiger partial charge is 0.332 e. The average Bonchev–Trinajstić information content (AvgIpc) is 3.16. The van der Waals surface area contributed by atoms with Gasteiger partial charge in [-0.25, -0.2) is 0 Å². The maximum atomic E-state index is 13.0. The van der Waals surface area contributed by atoms with Crippen molar-refractivity contribution in [2.45, 2.75) is 50.2 Å². The molecule has 5 nitrogen and oxygen atoms in total. The van der Waals surface area contributed by atoms with Crippen LogP contribution in [0.4, 0.5) is 16.4 Å². The molecule has 0 saturated heterocycles. The number of nitrogens with one attached hydrogen (secondary N) is 3. The molecular weight excluding hydrogens is 493 g/mol. The number of rotatable bonds is 6. The highest BCUT2D eigenvalue weighted by molar-refractivity contribution is 8.00. The van der Waals surface area contributed by atoms with Gasteiger partial charge in [-0.1, -0.05) is 30.7 Å². The maximum Gasteiger partial charge on any atom is 0.238 e. The van der Waals surface area contributed by atoms with Gasteiger partial charge in [-0.3, -0.25) is 4.79 Å². The van der Waals surface area contributed by atoms with E-state index in [2.05, 4.69) is 28.9 Å². The van der Waals surface area contributed by atoms with Crippen LogP contribution in [0.5, 0.6) is 0 Å². The summed E-state index contributed by atoms with van der Waals surface area (Å²) in [6, 6.07) is 18.2. The zero-order chi connectivity index (χ0) is 24.9. The normalized spacial score (nSPS) is 15.4. The van der Waals surface area contributed by atoms with Gasteiger partial charge in [-0.2, -0.15) is 5.26 Å². The van der Waals surface area contributed by atoms with Gasteiger partial charge in [0.05, 0.1) is 10.8 Å². The smallest absolute Gasteiger partial charge is 0.238 e. The standard InChI is InChI=1S/C27H28N4OS3/c1-16-7-10-19(11-8-16)29-27(33)30-20-5-4-6-21(14-20)34-18(3)25(32)31-26-23(15-28)22-12-9-17(2)13-24(22)35-26/h4-8,10-11,14,17-18H,9,12-13H2,1-3H3,(H,31,32)(H2,29,30,33). The number of anilines is 3. The predicted molar refractivity (Wildman–Crippen MR) is 152 cm³/mol. The lowest BCUT2D eigenvalue weighted by Crippen LogP contribution is -2.22. The number of nitrogens with zero attached hydrogens (tertiary/aromatic N) is 1. The van der Waals surface area contributed by atoms with Crippen LogP contribution in [0.2, 0.25) is 0 Å². The third-order valence-electron chi connectivity index (χ3n) is 5.94. The van der Waals surface area contributed by atoms with Crippen molar-refractivity contribution in [2.24, 2.45) is 5.92 Å². The Hall–Kier alpha value is -2.86. The van der Waals surface area contributed by atoms with Crippen LogP contribution in [-0.4, -0.2) is 16.3 Å². The number of benzene rings is 2. The number of carbonyl (C=O) groups is 1. The minimum atomic E-state index is -0.326. The van der Waals surface area contributed by atoms with Crippen LogP contribution < -0.4 is 16.0 Å². The van der Waals surface area contributed by atoms with Crippen molar-refractivity contribution in [1.82, 2.24) is 0 Å². The molecule has 0 fully saturated rings. The van der Waals surface area contributed by atoms with Crippen molar-refractivity contribution in [2.75, 3.05) is 16.0 Å². The van der Waals surface area contributed by atoms with Crippen LogP contribution in [0.15, 0.2) is 53.4 Å². The zero-order valence-electron chi connectivity index (χ0n) is 20.0. The molecule has 3 aromatic rings. The van der Waals surface area contributed by atoms with Gasteiger partial charge >= 0.3 is 0 Å². The van der Waals surface area contributed by atoms with E-state index < -0.39 is 0 Å². The van der Waals surface area contributed by atoms with Crippen molar-refractivity contribution in [3.63, 3.8) is 0 Å². The first-order chi connectivity index (χ1) is 16.8. The Morgan fingerprint density at radius 3 is 2.66 bits per heavy atom. The lowest BCUT2D eigenvalue weighted by Gasteiger charge is -2.17. The fourth-order valence-corrected chi connectivity index (χ4v) is 6.53. The molecule has 0 aliphatic heterocycles. The van der Waals surface area contributed by atoms with Crippen LogP contribution in [0.1, 0.15) is 41.8 Å². The van der Waals surface area contributed by atoms with Gasteiger partial charge in [0.2, 0.25) is 5.91 Å². The Labute approximate surface area is 220 Å². The van der Waals surface area contributed by atoms with E-state index in [1.807, 2.05) is 62.4 Å². The molecule has 0 radical (unpaired) electrons. The number of hydrogen-bond acceptors (Lipinski definition) is 5. The fraction of sp³-hybridized carbons (Fsp3) is 0.296. The van der Waals surface area contributed by atoms with E-state index in [1.165, 1.54) is 22.2 Å². The predicted octanol–water partition coefficient (Wildman–Crippen LogP) is 6.98. The Morgan fingerprint density at radius 2 is 1.91 bits per heavy atom. The van der Waals surface area contributed by atoms with Crippen LogP contribution in [0, 0.1) is 24.2 Å². The molecule has 1 amide bonds. The molecule has 2 atom stereocenters. The van der Waals surface area contributed by atoms with E-state index in [0.29, 0.717) is 21.6 Å². The second-order valence-electron chi connectivity index (χ2n) is 8.89. The van der Waals surface area contributed by atoms with Crippen molar-refractivity contribution in [1.29, 1.82) is 5.26 Å². The number of hydrogen-bond donors (Lipinski definition) is 3. The monoisotopic (exact) mass is 520 g/mol. The molecule has 180 valence electrons. The molecule has 0 saturated carbocycles. The van der Waals surface area contributed by atoms with E-state index in [1.54, 1.807) is 11.3 Å². The average molecular weight is 521 g/mol. The first-order valence-corrected chi connectivity index (χ1v) is 13.7. The topological polar surface area (TPSA) is 76.9 Å². The molecule has 3 N–H and O–H groups in total. The summed E-state index contributed by atoms with van der Waals surface area (Å²) >= 11 is 8.48. The van der Waals surface area contributed by atoms with Gasteiger partial charge in [0.15, 0.2) is 5.11 Å². The minimum Gasteiger partial charge on any atom is -0.332 e. The summed E-state index contributed by atoms with van der Waals surface area (Å²) in [4.78, 5) is 15.2. The Balaban J connectivity index is 1.37. The van der Waals surface area contributed by atoms with E-state index in [-0.39, 0.29) is 11.2 Å². The molecule has 35 heavy (non-hydrogen) atoms. The number of carbonyl (C=O) groups excluding carboxylic acids is 1. The Bertz CT molecular complexity index is 1280. The summed E-state index contributed by atoms with van der Waals surface area (Å²) in [7, 11) is 0. The Kier molecular flexibility index (Phi) is 8.11. The molecule has 2 aromatic carbocycles. The summed E-state index contributed by atoms with van der Waals surface area (Å²) in [5, 5.41) is 20.0. The fourth-order valence-electron chi connectivity index (χ4n) is 4.01. The molecule has 1 aliphatic rings. The molecule has 2 unspecified atom stereocenters. The van der Waals surface area contributed by atoms with Crippen molar-refractivity contribution in [3.05, 3.63) is 70.1 Å². The van der Waals surface area contributed by atoms with Crippen LogP contribution in [0.25, 0.3) is 0 Å².